The Morgan fingerprint density at radius 3 is 2.49 bits per heavy atom. The molecule has 0 amide bonds. The zero-order valence-corrected chi connectivity index (χ0v) is 22.6. The molecule has 2 N–H and O–H groups in total. The van der Waals surface area contributed by atoms with Crippen molar-refractivity contribution in [2.45, 2.75) is 57.3 Å². The summed E-state index contributed by atoms with van der Waals surface area (Å²) in [5.74, 6) is 2.22. The van der Waals surface area contributed by atoms with Crippen molar-refractivity contribution in [2.75, 3.05) is 19.7 Å². The Balaban J connectivity index is 1.36. The van der Waals surface area contributed by atoms with Gasteiger partial charge in [-0.3, -0.25) is 4.90 Å². The predicted molar refractivity (Wildman–Crippen MR) is 151 cm³/mol. The van der Waals surface area contributed by atoms with E-state index in [1.54, 1.807) is 36.4 Å². The summed E-state index contributed by atoms with van der Waals surface area (Å²) in [6.07, 6.45) is 2.26. The molecule has 6 rings (SSSR count). The van der Waals surface area contributed by atoms with E-state index in [4.69, 9.17) is 9.47 Å². The normalized spacial score (nSPS) is 23.1. The summed E-state index contributed by atoms with van der Waals surface area (Å²) in [4.78, 5) is 2.48. The van der Waals surface area contributed by atoms with Gasteiger partial charge in [0.25, 0.3) is 0 Å². The van der Waals surface area contributed by atoms with E-state index in [9.17, 15) is 10.2 Å². The molecule has 39 heavy (non-hydrogen) atoms. The number of hydrogen-bond acceptors (Lipinski definition) is 5. The Kier molecular flexibility index (Phi) is 6.76. The van der Waals surface area contributed by atoms with E-state index < -0.39 is 11.8 Å². The molecule has 3 unspecified atom stereocenters. The molecule has 0 bridgehead atoms. The lowest BCUT2D eigenvalue weighted by molar-refractivity contribution is 0.128. The van der Waals surface area contributed by atoms with Crippen molar-refractivity contribution in [2.24, 2.45) is 5.92 Å². The van der Waals surface area contributed by atoms with Crippen molar-refractivity contribution in [3.63, 3.8) is 0 Å². The van der Waals surface area contributed by atoms with Crippen LogP contribution in [0.3, 0.4) is 0 Å². The minimum absolute atomic E-state index is 0.0607. The van der Waals surface area contributed by atoms with Crippen LogP contribution >= 0.6 is 0 Å². The van der Waals surface area contributed by atoms with Gasteiger partial charge >= 0.3 is 0 Å². The fourth-order valence-electron chi connectivity index (χ4n) is 6.13. The van der Waals surface area contributed by atoms with E-state index in [0.717, 1.165) is 36.7 Å². The second-order valence-electron chi connectivity index (χ2n) is 11.5. The molecule has 1 aliphatic carbocycles. The summed E-state index contributed by atoms with van der Waals surface area (Å²) in [5.41, 5.74) is 1.81. The highest BCUT2D eigenvalue weighted by Crippen LogP contribution is 2.57. The van der Waals surface area contributed by atoms with Crippen LogP contribution < -0.4 is 9.47 Å². The van der Waals surface area contributed by atoms with Crippen LogP contribution in [0.25, 0.3) is 11.1 Å². The topological polar surface area (TPSA) is 62.2 Å². The molecule has 0 aromatic heterocycles. The number of halogens is 1. The Morgan fingerprint density at radius 1 is 1.05 bits per heavy atom. The first-order valence-electron chi connectivity index (χ1n) is 14.0. The van der Waals surface area contributed by atoms with E-state index in [1.807, 2.05) is 30.3 Å². The molecule has 6 heteroatoms. The number of rotatable bonds is 7. The largest absolute Gasteiger partial charge is 0.508 e. The van der Waals surface area contributed by atoms with E-state index in [-0.39, 0.29) is 11.5 Å². The van der Waals surface area contributed by atoms with Crippen LogP contribution in [0, 0.1) is 5.92 Å². The number of alkyl halides is 1. The Hall–Kier alpha value is -3.51. The van der Waals surface area contributed by atoms with Crippen LogP contribution in [0.2, 0.25) is 0 Å². The summed E-state index contributed by atoms with van der Waals surface area (Å²) in [6.45, 7) is 7.35. The minimum atomic E-state index is -1.53. The second-order valence-corrected chi connectivity index (χ2v) is 11.5. The van der Waals surface area contributed by atoms with Crippen molar-refractivity contribution < 1.29 is 24.1 Å². The number of ether oxygens (including phenoxy) is 2. The summed E-state index contributed by atoms with van der Waals surface area (Å²) in [7, 11) is 0. The minimum Gasteiger partial charge on any atom is -0.508 e. The van der Waals surface area contributed by atoms with Gasteiger partial charge in [-0.15, -0.1) is 0 Å². The molecule has 2 heterocycles. The molecule has 0 radical (unpaired) electrons. The monoisotopic (exact) mass is 529 g/mol. The lowest BCUT2D eigenvalue weighted by atomic mass is 9.69. The average molecular weight is 530 g/mol. The van der Waals surface area contributed by atoms with Crippen molar-refractivity contribution in [1.82, 2.24) is 4.90 Å². The third kappa shape index (κ3) is 4.98. The third-order valence-corrected chi connectivity index (χ3v) is 8.51. The molecule has 5 nitrogen and oxygen atoms in total. The number of phenolic OH excluding ortho intramolecular Hbond substituents is 2. The van der Waals surface area contributed by atoms with Gasteiger partial charge in [0.15, 0.2) is 0 Å². The average Bonchev–Trinajstić information content (AvgIpc) is 3.36. The third-order valence-electron chi connectivity index (χ3n) is 8.51. The van der Waals surface area contributed by atoms with Gasteiger partial charge in [0.1, 0.15) is 41.4 Å². The Labute approximate surface area is 229 Å². The Morgan fingerprint density at radius 2 is 1.82 bits per heavy atom. The maximum atomic E-state index is 16.4. The number of fused-ring (bicyclic) bond motifs is 1. The molecular formula is C33H36FNO4. The number of likely N-dealkylation sites (tertiary alicyclic amines) is 1. The standard InChI is InChI=1S/C33H36FNO4/c1-21-13-16-35(19-21)22(2)20-38-27-10-7-23(8-11-27)32-30(24-5-3-6-25(36)17-24)31(33(34)14-4-15-33)28-18-26(37)9-12-29(28)39-32/h3,5-12,17-18,21-22,32,36-37H,4,13-16,19-20H2,1-2H3. The highest BCUT2D eigenvalue weighted by atomic mass is 19.1. The number of hydrogen-bond donors (Lipinski definition) is 2. The molecular weight excluding hydrogens is 493 g/mol. The van der Waals surface area contributed by atoms with Gasteiger partial charge in [-0.25, -0.2) is 4.39 Å². The summed E-state index contributed by atoms with van der Waals surface area (Å²) in [6, 6.07) is 19.9. The van der Waals surface area contributed by atoms with Gasteiger partial charge in [-0.2, -0.15) is 0 Å². The maximum absolute atomic E-state index is 16.4. The first-order chi connectivity index (χ1) is 18.8. The molecule has 1 saturated carbocycles. The molecule has 204 valence electrons. The van der Waals surface area contributed by atoms with Gasteiger partial charge in [-0.1, -0.05) is 31.2 Å². The number of allylic oxidation sites excluding steroid dienone is 1. The zero-order valence-electron chi connectivity index (χ0n) is 22.6. The fraction of sp³-hybridized carbons (Fsp3) is 0.394. The number of phenols is 2. The Bertz CT molecular complexity index is 1380. The number of nitrogens with zero attached hydrogens (tertiary/aromatic N) is 1. The molecule has 3 aromatic rings. The van der Waals surface area contributed by atoms with E-state index in [1.165, 1.54) is 6.42 Å². The van der Waals surface area contributed by atoms with Crippen molar-refractivity contribution >= 4 is 11.1 Å². The molecule has 3 aliphatic rings. The molecule has 0 spiro atoms. The van der Waals surface area contributed by atoms with Crippen LogP contribution in [0.4, 0.5) is 4.39 Å². The molecule has 2 aliphatic heterocycles. The van der Waals surface area contributed by atoms with Crippen molar-refractivity contribution in [3.05, 3.63) is 83.4 Å². The molecule has 3 atom stereocenters. The predicted octanol–water partition coefficient (Wildman–Crippen LogP) is 7.14. The van der Waals surface area contributed by atoms with Crippen LogP contribution in [0.1, 0.15) is 62.3 Å². The molecule has 1 saturated heterocycles. The number of benzene rings is 3. The van der Waals surface area contributed by atoms with Gasteiger partial charge in [0.2, 0.25) is 0 Å². The highest BCUT2D eigenvalue weighted by Gasteiger charge is 2.47. The summed E-state index contributed by atoms with van der Waals surface area (Å²) < 4.78 is 29.1. The summed E-state index contributed by atoms with van der Waals surface area (Å²) >= 11 is 0. The van der Waals surface area contributed by atoms with Crippen molar-refractivity contribution in [1.29, 1.82) is 0 Å². The van der Waals surface area contributed by atoms with Gasteiger partial charge in [0, 0.05) is 29.3 Å². The van der Waals surface area contributed by atoms with Crippen LogP contribution in [-0.2, 0) is 0 Å². The van der Waals surface area contributed by atoms with E-state index in [0.29, 0.717) is 53.5 Å². The van der Waals surface area contributed by atoms with Gasteiger partial charge < -0.3 is 19.7 Å². The maximum Gasteiger partial charge on any atom is 0.150 e. The van der Waals surface area contributed by atoms with Crippen LogP contribution in [-0.4, -0.2) is 46.5 Å². The highest BCUT2D eigenvalue weighted by molar-refractivity contribution is 6.00. The SMILES string of the molecule is CC1CCN(C(C)COc2ccc(C3Oc4ccc(O)cc4C(C4(F)CCC4)=C3c3cccc(O)c3)cc2)C1. The quantitative estimate of drug-likeness (QED) is 0.341. The van der Waals surface area contributed by atoms with Crippen LogP contribution in [0.5, 0.6) is 23.0 Å². The smallest absolute Gasteiger partial charge is 0.150 e. The molecule has 2 fully saturated rings. The molecule has 3 aromatic carbocycles. The van der Waals surface area contributed by atoms with E-state index in [2.05, 4.69) is 18.7 Å². The first-order valence-corrected chi connectivity index (χ1v) is 14.0. The summed E-state index contributed by atoms with van der Waals surface area (Å²) in [5, 5.41) is 20.6. The number of aromatic hydroxyl groups is 2. The lowest BCUT2D eigenvalue weighted by Crippen LogP contribution is -2.36. The van der Waals surface area contributed by atoms with Crippen LogP contribution in [0.15, 0.2) is 66.7 Å². The van der Waals surface area contributed by atoms with Gasteiger partial charge in [0.05, 0.1) is 0 Å². The van der Waals surface area contributed by atoms with Crippen molar-refractivity contribution in [3.8, 4) is 23.0 Å². The fourth-order valence-corrected chi connectivity index (χ4v) is 6.13. The zero-order chi connectivity index (χ0) is 27.1. The lowest BCUT2D eigenvalue weighted by Gasteiger charge is -2.42. The van der Waals surface area contributed by atoms with E-state index >= 15 is 4.39 Å². The first kappa shape index (κ1) is 25.8. The second kappa shape index (κ2) is 10.2. The van der Waals surface area contributed by atoms with Gasteiger partial charge in [-0.05, 0) is 98.7 Å².